The molecule has 1 amide bonds. The van der Waals surface area contributed by atoms with Gasteiger partial charge in [0, 0.05) is 20.7 Å². The van der Waals surface area contributed by atoms with Gasteiger partial charge in [-0.1, -0.05) is 0 Å². The molecule has 4 saturated carbocycles. The number of carbonyl (C=O) groups excluding carboxylic acids is 1. The van der Waals surface area contributed by atoms with E-state index in [-0.39, 0.29) is 18.3 Å². The third-order valence-electron chi connectivity index (χ3n) is 7.28. The van der Waals surface area contributed by atoms with Crippen molar-refractivity contribution in [2.45, 2.75) is 57.0 Å². The van der Waals surface area contributed by atoms with Crippen molar-refractivity contribution >= 4 is 18.3 Å². The summed E-state index contributed by atoms with van der Waals surface area (Å²) in [6.45, 7) is 2.71. The van der Waals surface area contributed by atoms with Crippen LogP contribution in [0.15, 0.2) is 0 Å². The highest BCUT2D eigenvalue weighted by atomic mass is 35.5. The van der Waals surface area contributed by atoms with Crippen LogP contribution in [0.25, 0.3) is 0 Å². The van der Waals surface area contributed by atoms with Crippen molar-refractivity contribution in [2.24, 2.45) is 23.2 Å². The number of hydrogen-bond donors (Lipinski definition) is 1. The van der Waals surface area contributed by atoms with Crippen molar-refractivity contribution in [2.75, 3.05) is 33.8 Å². The third-order valence-corrected chi connectivity index (χ3v) is 7.28. The molecule has 0 spiro atoms. The van der Waals surface area contributed by atoms with Gasteiger partial charge in [-0.2, -0.15) is 0 Å². The Kier molecular flexibility index (Phi) is 5.21. The van der Waals surface area contributed by atoms with E-state index in [1.807, 2.05) is 11.9 Å². The first-order valence-corrected chi connectivity index (χ1v) is 9.56. The number of methoxy groups -OCH3 is 1. The Hall–Kier alpha value is -0.320. The molecule has 5 aliphatic rings. The van der Waals surface area contributed by atoms with Gasteiger partial charge in [-0.15, -0.1) is 12.4 Å². The van der Waals surface area contributed by atoms with Crippen LogP contribution in [0.3, 0.4) is 0 Å². The summed E-state index contributed by atoms with van der Waals surface area (Å²) in [5.41, 5.74) is -0.163. The monoisotopic (exact) mass is 356 g/mol. The smallest absolute Gasteiger partial charge is 0.254 e. The van der Waals surface area contributed by atoms with E-state index >= 15 is 0 Å². The summed E-state index contributed by atoms with van der Waals surface area (Å²) < 4.78 is 5.75. The molecule has 1 heterocycles. The van der Waals surface area contributed by atoms with Gasteiger partial charge < -0.3 is 15.0 Å². The highest BCUT2D eigenvalue weighted by Crippen LogP contribution is 2.60. The van der Waals surface area contributed by atoms with E-state index in [0.29, 0.717) is 5.41 Å². The lowest BCUT2D eigenvalue weighted by atomic mass is 9.49. The molecule has 4 aliphatic carbocycles. The minimum atomic E-state index is -0.581. The summed E-state index contributed by atoms with van der Waals surface area (Å²) in [6, 6.07) is 0. The Morgan fingerprint density at radius 1 is 1.08 bits per heavy atom. The molecule has 5 heteroatoms. The normalized spacial score (nSPS) is 39.3. The standard InChI is InChI=1S/C19H32N2O2.ClH/c1-21(17(22)19(23-2)3-5-20-6-4-19)13-18-10-14-7-15(11-18)9-16(8-14)12-18;/h14-16,20H,3-13H2,1-2H3;1H. The lowest BCUT2D eigenvalue weighted by Crippen LogP contribution is -2.58. The summed E-state index contributed by atoms with van der Waals surface area (Å²) in [6.07, 6.45) is 10.1. The summed E-state index contributed by atoms with van der Waals surface area (Å²) in [5.74, 6) is 3.05. The van der Waals surface area contributed by atoms with Gasteiger partial charge in [0.2, 0.25) is 0 Å². The molecule has 0 unspecified atom stereocenters. The van der Waals surface area contributed by atoms with E-state index in [0.717, 1.165) is 50.2 Å². The van der Waals surface area contributed by atoms with Crippen molar-refractivity contribution in [3.8, 4) is 0 Å². The van der Waals surface area contributed by atoms with Crippen LogP contribution >= 0.6 is 12.4 Å². The number of rotatable bonds is 4. The van der Waals surface area contributed by atoms with Gasteiger partial charge in [-0.05, 0) is 87.6 Å². The van der Waals surface area contributed by atoms with Gasteiger partial charge in [-0.25, -0.2) is 0 Å². The van der Waals surface area contributed by atoms with Gasteiger partial charge in [0.25, 0.3) is 5.91 Å². The van der Waals surface area contributed by atoms with Gasteiger partial charge in [0.05, 0.1) is 0 Å². The lowest BCUT2D eigenvalue weighted by Gasteiger charge is -2.58. The zero-order valence-electron chi connectivity index (χ0n) is 15.2. The average Bonchev–Trinajstić information content (AvgIpc) is 2.53. The van der Waals surface area contributed by atoms with Crippen LogP contribution in [0, 0.1) is 23.2 Å². The van der Waals surface area contributed by atoms with Crippen molar-refractivity contribution in [1.29, 1.82) is 0 Å². The second-order valence-corrected chi connectivity index (χ2v) is 9.03. The third kappa shape index (κ3) is 3.10. The molecule has 4 nitrogen and oxygen atoms in total. The van der Waals surface area contributed by atoms with Gasteiger partial charge >= 0.3 is 0 Å². The van der Waals surface area contributed by atoms with E-state index < -0.39 is 5.60 Å². The molecule has 5 rings (SSSR count). The first-order chi connectivity index (χ1) is 11.0. The van der Waals surface area contributed by atoms with E-state index in [1.165, 1.54) is 38.5 Å². The molecular formula is C19H33ClN2O2. The highest BCUT2D eigenvalue weighted by Gasteiger charge is 2.52. The predicted molar refractivity (Wildman–Crippen MR) is 97.3 cm³/mol. The Labute approximate surface area is 152 Å². The second-order valence-electron chi connectivity index (χ2n) is 9.03. The van der Waals surface area contributed by atoms with Crippen molar-refractivity contribution in [1.82, 2.24) is 10.2 Å². The Bertz CT molecular complexity index is 441. The minimum Gasteiger partial charge on any atom is -0.368 e. The SMILES string of the molecule is COC1(C(=O)N(C)CC23CC4CC(CC(C4)C2)C3)CCNCC1.Cl. The molecule has 1 aliphatic heterocycles. The first kappa shape index (κ1) is 18.5. The fourth-order valence-electron chi connectivity index (χ4n) is 6.74. The van der Waals surface area contributed by atoms with E-state index in [1.54, 1.807) is 7.11 Å². The maximum atomic E-state index is 13.1. The molecule has 0 radical (unpaired) electrons. The zero-order chi connectivity index (χ0) is 16.1. The van der Waals surface area contributed by atoms with Crippen LogP contribution in [-0.2, 0) is 9.53 Å². The number of nitrogens with zero attached hydrogens (tertiary/aromatic N) is 1. The van der Waals surface area contributed by atoms with Crippen LogP contribution in [-0.4, -0.2) is 50.2 Å². The van der Waals surface area contributed by atoms with Gasteiger partial charge in [-0.3, -0.25) is 4.79 Å². The number of amides is 1. The van der Waals surface area contributed by atoms with E-state index in [2.05, 4.69) is 5.32 Å². The molecule has 1 saturated heterocycles. The first-order valence-electron chi connectivity index (χ1n) is 9.56. The fourth-order valence-corrected chi connectivity index (χ4v) is 6.74. The molecular weight excluding hydrogens is 324 g/mol. The maximum Gasteiger partial charge on any atom is 0.254 e. The topological polar surface area (TPSA) is 41.6 Å². The van der Waals surface area contributed by atoms with Gasteiger partial charge in [0.15, 0.2) is 0 Å². The predicted octanol–water partition coefficient (Wildman–Crippen LogP) is 2.85. The number of halogens is 1. The Morgan fingerprint density at radius 2 is 1.58 bits per heavy atom. The summed E-state index contributed by atoms with van der Waals surface area (Å²) >= 11 is 0. The molecule has 1 N–H and O–H groups in total. The summed E-state index contributed by atoms with van der Waals surface area (Å²) in [4.78, 5) is 15.2. The molecule has 24 heavy (non-hydrogen) atoms. The van der Waals surface area contributed by atoms with Crippen LogP contribution < -0.4 is 5.32 Å². The Morgan fingerprint density at radius 3 is 2.04 bits per heavy atom. The molecule has 0 aromatic rings. The summed E-state index contributed by atoms with van der Waals surface area (Å²) in [7, 11) is 3.73. The highest BCUT2D eigenvalue weighted by molar-refractivity contribution is 5.85. The Balaban J connectivity index is 0.00000169. The van der Waals surface area contributed by atoms with Crippen molar-refractivity contribution in [3.05, 3.63) is 0 Å². The number of piperidine rings is 1. The number of ether oxygens (including phenoxy) is 1. The van der Waals surface area contributed by atoms with Gasteiger partial charge in [0.1, 0.15) is 5.60 Å². The number of nitrogens with one attached hydrogen (secondary N) is 1. The molecule has 0 aromatic carbocycles. The van der Waals surface area contributed by atoms with E-state index in [9.17, 15) is 4.79 Å². The number of likely N-dealkylation sites (N-methyl/N-ethyl adjacent to an activating group) is 1. The van der Waals surface area contributed by atoms with Crippen LogP contribution in [0.1, 0.15) is 51.4 Å². The molecule has 4 bridgehead atoms. The van der Waals surface area contributed by atoms with Crippen molar-refractivity contribution in [3.63, 3.8) is 0 Å². The molecule has 138 valence electrons. The van der Waals surface area contributed by atoms with E-state index in [4.69, 9.17) is 4.74 Å². The number of hydrogen-bond acceptors (Lipinski definition) is 3. The molecule has 0 aromatic heterocycles. The largest absolute Gasteiger partial charge is 0.368 e. The van der Waals surface area contributed by atoms with Crippen molar-refractivity contribution < 1.29 is 9.53 Å². The quantitative estimate of drug-likeness (QED) is 0.842. The lowest BCUT2D eigenvalue weighted by molar-refractivity contribution is -0.161. The molecule has 0 atom stereocenters. The zero-order valence-corrected chi connectivity index (χ0v) is 16.0. The average molecular weight is 357 g/mol. The van der Waals surface area contributed by atoms with Crippen LogP contribution in [0.4, 0.5) is 0 Å². The maximum absolute atomic E-state index is 13.1. The summed E-state index contributed by atoms with van der Waals surface area (Å²) in [5, 5.41) is 3.34. The number of carbonyl (C=O) groups is 1. The van der Waals surface area contributed by atoms with Crippen LogP contribution in [0.5, 0.6) is 0 Å². The fraction of sp³-hybridized carbons (Fsp3) is 0.947. The van der Waals surface area contributed by atoms with Crippen LogP contribution in [0.2, 0.25) is 0 Å². The second kappa shape index (κ2) is 6.77. The minimum absolute atomic E-state index is 0. The molecule has 5 fully saturated rings.